The Balaban J connectivity index is 1.32. The minimum atomic E-state index is -1.85. The summed E-state index contributed by atoms with van der Waals surface area (Å²) in [6.07, 6.45) is 1.44. The molecule has 0 aromatic rings. The quantitative estimate of drug-likeness (QED) is 0.0933. The van der Waals surface area contributed by atoms with E-state index >= 15 is 0 Å². The van der Waals surface area contributed by atoms with E-state index in [2.05, 4.69) is 47.3 Å². The second-order valence-electron chi connectivity index (χ2n) is 19.0. The van der Waals surface area contributed by atoms with E-state index in [1.807, 2.05) is 26.0 Å². The SMILES string of the molecule is C=C(C)/C=C/CC(C)(O)C1CCC2(C)C3CC=C4C(CCC(O[C@@H]5O[C@H](COC(=O)CC(C)(O)CC(=O)O)[C@@H](O)[C@H](O)[C@H]5O)C4(C)C)C3(C)C(=O)CC12C. The lowest BCUT2D eigenvalue weighted by Crippen LogP contribution is -2.64. The predicted molar refractivity (Wildman–Crippen MR) is 199 cm³/mol. The lowest BCUT2D eigenvalue weighted by molar-refractivity contribution is -0.320. The van der Waals surface area contributed by atoms with Gasteiger partial charge in [-0.05, 0) is 87.9 Å². The molecule has 6 N–H and O–H groups in total. The summed E-state index contributed by atoms with van der Waals surface area (Å²) in [5.74, 6) is -1.96. The van der Waals surface area contributed by atoms with Crippen molar-refractivity contribution in [2.24, 2.45) is 39.4 Å². The van der Waals surface area contributed by atoms with Gasteiger partial charge in [0, 0.05) is 17.3 Å². The average Bonchev–Trinajstić information content (AvgIpc) is 3.31. The summed E-state index contributed by atoms with van der Waals surface area (Å²) in [5, 5.41) is 63.5. The van der Waals surface area contributed by atoms with E-state index < -0.39 is 90.2 Å². The van der Waals surface area contributed by atoms with Crippen molar-refractivity contribution in [2.45, 2.75) is 161 Å². The van der Waals surface area contributed by atoms with Gasteiger partial charge in [-0.3, -0.25) is 14.4 Å². The van der Waals surface area contributed by atoms with Crippen molar-refractivity contribution in [1.82, 2.24) is 0 Å². The molecule has 14 atom stereocenters. The summed E-state index contributed by atoms with van der Waals surface area (Å²) in [6.45, 7) is 19.3. The van der Waals surface area contributed by atoms with Crippen LogP contribution in [0.25, 0.3) is 0 Å². The molecule has 1 saturated heterocycles. The van der Waals surface area contributed by atoms with Crippen LogP contribution < -0.4 is 0 Å². The van der Waals surface area contributed by atoms with E-state index in [0.29, 0.717) is 32.1 Å². The molecule has 12 heteroatoms. The van der Waals surface area contributed by atoms with E-state index in [1.165, 1.54) is 6.92 Å². The number of rotatable bonds is 12. The van der Waals surface area contributed by atoms with Crippen LogP contribution in [-0.2, 0) is 28.6 Å². The van der Waals surface area contributed by atoms with Crippen molar-refractivity contribution in [2.75, 3.05) is 6.61 Å². The number of Topliss-reactive ketones (excluding diaryl/α,β-unsaturated/α-hetero) is 1. The molecule has 54 heavy (non-hydrogen) atoms. The number of hydrogen-bond donors (Lipinski definition) is 6. The van der Waals surface area contributed by atoms with Gasteiger partial charge in [-0.15, -0.1) is 0 Å². The third kappa shape index (κ3) is 7.41. The Morgan fingerprint density at radius 3 is 2.30 bits per heavy atom. The van der Waals surface area contributed by atoms with Crippen LogP contribution >= 0.6 is 0 Å². The molecule has 12 nitrogen and oxygen atoms in total. The van der Waals surface area contributed by atoms with Crippen LogP contribution in [0, 0.1) is 39.4 Å². The number of fused-ring (bicyclic) bond motifs is 5. The van der Waals surface area contributed by atoms with E-state index in [0.717, 1.165) is 24.0 Å². The smallest absolute Gasteiger partial charge is 0.308 e. The van der Waals surface area contributed by atoms with Crippen LogP contribution in [0.3, 0.4) is 0 Å². The second kappa shape index (κ2) is 14.8. The number of ether oxygens (including phenoxy) is 3. The number of esters is 1. The topological polar surface area (TPSA) is 200 Å². The minimum absolute atomic E-state index is 0.0341. The van der Waals surface area contributed by atoms with Crippen LogP contribution in [0.2, 0.25) is 0 Å². The van der Waals surface area contributed by atoms with Gasteiger partial charge in [-0.2, -0.15) is 0 Å². The fourth-order valence-electron chi connectivity index (χ4n) is 11.5. The van der Waals surface area contributed by atoms with Gasteiger partial charge in [0.2, 0.25) is 0 Å². The zero-order chi connectivity index (χ0) is 40.4. The molecule has 0 radical (unpaired) electrons. The number of allylic oxidation sites excluding steroid dienone is 3. The molecule has 0 aromatic heterocycles. The number of carbonyl (C=O) groups excluding carboxylic acids is 2. The lowest BCUT2D eigenvalue weighted by Gasteiger charge is -2.65. The van der Waals surface area contributed by atoms with Gasteiger partial charge in [0.25, 0.3) is 0 Å². The molecule has 0 bridgehead atoms. The number of aliphatic hydroxyl groups is 5. The third-order valence-electron chi connectivity index (χ3n) is 14.7. The summed E-state index contributed by atoms with van der Waals surface area (Å²) >= 11 is 0. The zero-order valence-corrected chi connectivity index (χ0v) is 33.3. The van der Waals surface area contributed by atoms with Crippen LogP contribution in [0.4, 0.5) is 0 Å². The van der Waals surface area contributed by atoms with E-state index in [9.17, 15) is 39.9 Å². The predicted octanol–water partition coefficient (Wildman–Crippen LogP) is 4.40. The van der Waals surface area contributed by atoms with Crippen LogP contribution in [0.15, 0.2) is 36.0 Å². The Kier molecular flexibility index (Phi) is 11.7. The number of aliphatic carboxylic acids is 1. The Hall–Kier alpha value is -2.45. The van der Waals surface area contributed by atoms with E-state index in [1.54, 1.807) is 0 Å². The summed E-state index contributed by atoms with van der Waals surface area (Å²) in [7, 11) is 0. The first-order valence-electron chi connectivity index (χ1n) is 19.5. The number of carboxylic acid groups (broad SMARTS) is 1. The first kappa shape index (κ1) is 42.7. The van der Waals surface area contributed by atoms with Crippen molar-refractivity contribution >= 4 is 17.7 Å². The van der Waals surface area contributed by atoms with Crippen molar-refractivity contribution in [3.63, 3.8) is 0 Å². The molecule has 4 fully saturated rings. The fourth-order valence-corrected chi connectivity index (χ4v) is 11.5. The molecular weight excluding hydrogens is 696 g/mol. The van der Waals surface area contributed by atoms with Crippen molar-refractivity contribution in [3.05, 3.63) is 36.0 Å². The standard InChI is InChI=1S/C42H64O12/c1-23(2)11-10-17-41(8,51)27-16-18-39(6)28-14-12-24-25(42(28,9)29(43)19-40(27,39)7)13-15-30(37(24,3)4)54-36-35(49)34(48)33(47)26(53-36)22-52-32(46)21-38(5,50)20-31(44)45/h10-12,25-28,30,33-36,47-51H,1,13-22H2,2-9H3,(H,44,45)/b11-10+/t25?,26-,27?,28?,30?,33-,34+,35-,36+,38?,39?,40?,41?,42?/m1/s1. The molecule has 3 saturated carbocycles. The van der Waals surface area contributed by atoms with Crippen molar-refractivity contribution in [3.8, 4) is 0 Å². The zero-order valence-electron chi connectivity index (χ0n) is 33.3. The Morgan fingerprint density at radius 2 is 1.67 bits per heavy atom. The number of ketones is 1. The molecule has 4 aliphatic carbocycles. The Labute approximate surface area is 319 Å². The maximum atomic E-state index is 14.7. The van der Waals surface area contributed by atoms with E-state index in [4.69, 9.17) is 19.3 Å². The fraction of sp³-hybridized carbons (Fsp3) is 0.786. The summed E-state index contributed by atoms with van der Waals surface area (Å²) < 4.78 is 17.5. The number of carboxylic acids is 1. The Morgan fingerprint density at radius 1 is 1.00 bits per heavy atom. The lowest BCUT2D eigenvalue weighted by atomic mass is 9.38. The van der Waals surface area contributed by atoms with Gasteiger partial charge in [0.1, 0.15) is 36.8 Å². The molecule has 0 spiro atoms. The normalized spacial score (nSPS) is 42.5. The molecule has 1 heterocycles. The van der Waals surface area contributed by atoms with Gasteiger partial charge >= 0.3 is 11.9 Å². The highest BCUT2D eigenvalue weighted by Crippen LogP contribution is 2.74. The molecule has 0 amide bonds. The highest BCUT2D eigenvalue weighted by molar-refractivity contribution is 5.88. The summed E-state index contributed by atoms with van der Waals surface area (Å²) in [4.78, 5) is 38.1. The van der Waals surface area contributed by atoms with Gasteiger partial charge in [-0.1, -0.05) is 70.6 Å². The molecule has 0 aromatic carbocycles. The van der Waals surface area contributed by atoms with Gasteiger partial charge in [0.05, 0.1) is 30.1 Å². The maximum absolute atomic E-state index is 14.7. The molecule has 5 aliphatic rings. The molecule has 9 unspecified atom stereocenters. The number of carbonyl (C=O) groups is 3. The number of hydrogen-bond acceptors (Lipinski definition) is 11. The molecule has 5 rings (SSSR count). The van der Waals surface area contributed by atoms with Gasteiger partial charge in [0.15, 0.2) is 6.29 Å². The highest BCUT2D eigenvalue weighted by Gasteiger charge is 2.71. The Bertz CT molecular complexity index is 1540. The maximum Gasteiger partial charge on any atom is 0.308 e. The second-order valence-corrected chi connectivity index (χ2v) is 19.0. The highest BCUT2D eigenvalue weighted by atomic mass is 16.7. The van der Waals surface area contributed by atoms with Crippen molar-refractivity contribution in [1.29, 1.82) is 0 Å². The van der Waals surface area contributed by atoms with Crippen LogP contribution in [-0.4, -0.2) is 103 Å². The van der Waals surface area contributed by atoms with Gasteiger partial charge < -0.3 is 44.8 Å². The van der Waals surface area contributed by atoms with Crippen molar-refractivity contribution < 1.29 is 59.2 Å². The summed E-state index contributed by atoms with van der Waals surface area (Å²) in [5.41, 5.74) is -2.55. The molecule has 1 aliphatic heterocycles. The first-order valence-corrected chi connectivity index (χ1v) is 19.5. The van der Waals surface area contributed by atoms with Gasteiger partial charge in [-0.25, -0.2) is 0 Å². The first-order chi connectivity index (χ1) is 24.8. The van der Waals surface area contributed by atoms with E-state index in [-0.39, 0.29) is 34.4 Å². The largest absolute Gasteiger partial charge is 0.481 e. The average molecular weight is 761 g/mol. The van der Waals surface area contributed by atoms with Crippen LogP contribution in [0.1, 0.15) is 113 Å². The third-order valence-corrected chi connectivity index (χ3v) is 14.7. The monoisotopic (exact) mass is 760 g/mol. The van der Waals surface area contributed by atoms with Crippen LogP contribution in [0.5, 0.6) is 0 Å². The molecule has 304 valence electrons. The molecular formula is C42H64O12. The number of aliphatic hydroxyl groups excluding tert-OH is 3. The summed E-state index contributed by atoms with van der Waals surface area (Å²) in [6, 6.07) is 0. The minimum Gasteiger partial charge on any atom is -0.481 e.